The molecule has 6 rings (SSSR count). The largest absolute Gasteiger partial charge is 0.496 e. The van der Waals surface area contributed by atoms with Crippen LogP contribution < -0.4 is 25.4 Å². The zero-order valence-corrected chi connectivity index (χ0v) is 36.1. The summed E-state index contributed by atoms with van der Waals surface area (Å²) >= 11 is 14.0. The number of ether oxygens (including phenoxy) is 3. The van der Waals surface area contributed by atoms with E-state index in [0.717, 1.165) is 12.0 Å². The molecule has 60 heavy (non-hydrogen) atoms. The maximum Gasteiger partial charge on any atom is 0.410 e. The van der Waals surface area contributed by atoms with E-state index in [0.29, 0.717) is 90.8 Å². The van der Waals surface area contributed by atoms with Crippen molar-refractivity contribution in [1.29, 1.82) is 0 Å². The van der Waals surface area contributed by atoms with Gasteiger partial charge in [-0.05, 0) is 64.3 Å². The van der Waals surface area contributed by atoms with Gasteiger partial charge in [-0.3, -0.25) is 24.4 Å². The fourth-order valence-electron chi connectivity index (χ4n) is 7.21. The molecule has 0 spiro atoms. The van der Waals surface area contributed by atoms with E-state index in [-0.39, 0.29) is 46.2 Å². The molecular weight excluding hydrogens is 811 g/mol. The van der Waals surface area contributed by atoms with Crippen LogP contribution in [0.5, 0.6) is 11.6 Å². The van der Waals surface area contributed by atoms with Gasteiger partial charge in [-0.25, -0.2) is 9.78 Å². The molecule has 17 heteroatoms. The lowest BCUT2D eigenvalue weighted by Gasteiger charge is -2.39. The minimum Gasteiger partial charge on any atom is -0.496 e. The average molecular weight is 862 g/mol. The number of amides is 4. The number of rotatable bonds is 13. The second-order valence-corrected chi connectivity index (χ2v) is 16.4. The number of anilines is 1. The third-order valence-corrected chi connectivity index (χ3v) is 11.1. The molecule has 2 fully saturated rings. The highest BCUT2D eigenvalue weighted by atomic mass is 35.5. The molecule has 2 aliphatic heterocycles. The second kappa shape index (κ2) is 19.3. The van der Waals surface area contributed by atoms with E-state index in [1.165, 1.54) is 14.2 Å². The Kier molecular flexibility index (Phi) is 14.1. The molecule has 2 saturated heterocycles. The fraction of sp³-hybridized carbons (Fsp3) is 0.419. The van der Waals surface area contributed by atoms with Crippen LogP contribution in [-0.2, 0) is 27.4 Å². The Morgan fingerprint density at radius 3 is 2.40 bits per heavy atom. The number of carbonyl (C=O) groups is 4. The first-order valence-corrected chi connectivity index (χ1v) is 20.5. The van der Waals surface area contributed by atoms with Crippen LogP contribution in [0.3, 0.4) is 0 Å². The van der Waals surface area contributed by atoms with Gasteiger partial charge < -0.3 is 40.0 Å². The first-order valence-electron chi connectivity index (χ1n) is 19.7. The zero-order chi connectivity index (χ0) is 43.1. The van der Waals surface area contributed by atoms with E-state index in [2.05, 4.69) is 25.9 Å². The SMILES string of the molecule is COc1cc(C(=O)Nc2cccc(-c3nccc(-c4ccc(CN(C(=O)OC(C)(C)C)C5CCN(C(C)=O)CC5)c(OC)n4)c3Cl)c2Cl)ncc1CNC[C@@H]1CCC(=O)N1. The smallest absolute Gasteiger partial charge is 0.410 e. The number of carbonyl (C=O) groups excluding carboxylic acids is 4. The van der Waals surface area contributed by atoms with E-state index in [1.54, 1.807) is 65.5 Å². The summed E-state index contributed by atoms with van der Waals surface area (Å²) in [6.45, 7) is 9.31. The van der Waals surface area contributed by atoms with Crippen molar-refractivity contribution >= 4 is 52.7 Å². The highest BCUT2D eigenvalue weighted by molar-refractivity contribution is 6.39. The van der Waals surface area contributed by atoms with E-state index in [4.69, 9.17) is 42.4 Å². The molecule has 5 heterocycles. The van der Waals surface area contributed by atoms with Crippen molar-refractivity contribution in [1.82, 2.24) is 35.4 Å². The van der Waals surface area contributed by atoms with Crippen molar-refractivity contribution < 1.29 is 33.4 Å². The van der Waals surface area contributed by atoms with Gasteiger partial charge in [0.1, 0.15) is 17.0 Å². The molecule has 3 N–H and O–H groups in total. The number of piperidine rings is 1. The van der Waals surface area contributed by atoms with E-state index in [9.17, 15) is 19.2 Å². The summed E-state index contributed by atoms with van der Waals surface area (Å²) in [7, 11) is 3.03. The van der Waals surface area contributed by atoms with Crippen LogP contribution in [-0.4, -0.2) is 100 Å². The molecule has 1 atom stereocenters. The van der Waals surface area contributed by atoms with Gasteiger partial charge in [0, 0.05) is 92.3 Å². The molecule has 4 amide bonds. The van der Waals surface area contributed by atoms with E-state index < -0.39 is 17.6 Å². The molecule has 15 nitrogen and oxygen atoms in total. The van der Waals surface area contributed by atoms with Crippen molar-refractivity contribution in [2.24, 2.45) is 0 Å². The van der Waals surface area contributed by atoms with Crippen molar-refractivity contribution in [2.75, 3.05) is 39.2 Å². The van der Waals surface area contributed by atoms with Crippen molar-refractivity contribution in [3.05, 3.63) is 81.7 Å². The van der Waals surface area contributed by atoms with Gasteiger partial charge in [-0.1, -0.05) is 35.3 Å². The van der Waals surface area contributed by atoms with Crippen LogP contribution in [0.25, 0.3) is 22.5 Å². The van der Waals surface area contributed by atoms with Crippen LogP contribution >= 0.6 is 23.2 Å². The number of pyridine rings is 3. The molecule has 0 unspecified atom stereocenters. The van der Waals surface area contributed by atoms with E-state index >= 15 is 0 Å². The number of hydrogen-bond acceptors (Lipinski definition) is 11. The number of aromatic nitrogens is 3. The van der Waals surface area contributed by atoms with Gasteiger partial charge in [0.2, 0.25) is 17.7 Å². The Morgan fingerprint density at radius 2 is 1.73 bits per heavy atom. The molecule has 0 aliphatic carbocycles. The van der Waals surface area contributed by atoms with Crippen LogP contribution in [0.15, 0.2) is 54.9 Å². The first-order chi connectivity index (χ1) is 28.6. The number of nitrogens with zero attached hydrogens (tertiary/aromatic N) is 5. The molecule has 3 aromatic heterocycles. The number of benzene rings is 1. The summed E-state index contributed by atoms with van der Waals surface area (Å²) in [5.41, 5.74) is 3.02. The summed E-state index contributed by atoms with van der Waals surface area (Å²) in [5, 5.41) is 9.56. The molecule has 0 radical (unpaired) electrons. The molecule has 4 aromatic rings. The maximum absolute atomic E-state index is 13.6. The number of nitrogens with one attached hydrogen (secondary N) is 3. The first kappa shape index (κ1) is 44.1. The zero-order valence-electron chi connectivity index (χ0n) is 34.6. The number of halogens is 2. The lowest BCUT2D eigenvalue weighted by Crippen LogP contribution is -2.49. The monoisotopic (exact) mass is 860 g/mol. The third kappa shape index (κ3) is 10.6. The Bertz CT molecular complexity index is 2240. The maximum atomic E-state index is 13.6. The van der Waals surface area contributed by atoms with Crippen molar-refractivity contribution in [3.63, 3.8) is 0 Å². The quantitative estimate of drug-likeness (QED) is 0.128. The molecule has 1 aromatic carbocycles. The predicted octanol–water partition coefficient (Wildman–Crippen LogP) is 6.90. The van der Waals surface area contributed by atoms with Gasteiger partial charge in [0.25, 0.3) is 5.91 Å². The second-order valence-electron chi connectivity index (χ2n) is 15.7. The summed E-state index contributed by atoms with van der Waals surface area (Å²) in [5.74, 6) is 0.340. The normalized spacial score (nSPS) is 15.6. The standard InChI is InChI=1S/C43H50Cl2N8O7/c1-25(54)52-18-15-29(16-19-52)53(42(57)60-43(2,3)4)24-26-10-12-32(51-41(26)59-6)30-14-17-47-39(38(30)45)31-8-7-9-33(37(31)44)50-40(56)34-20-35(58-5)27(22-48-34)21-46-23-28-11-13-36(55)49-28/h7-10,12,14,17,20,22,28-29,46H,11,13,15-16,18-19,21,23-24H2,1-6H3,(H,49,55)(H,50,56)/t28-/m0/s1. The van der Waals surface area contributed by atoms with Crippen molar-refractivity contribution in [2.45, 2.75) is 84.2 Å². The van der Waals surface area contributed by atoms with Gasteiger partial charge in [0.15, 0.2) is 0 Å². The predicted molar refractivity (Wildman–Crippen MR) is 228 cm³/mol. The van der Waals surface area contributed by atoms with Crippen molar-refractivity contribution in [3.8, 4) is 34.1 Å². The Hall–Kier alpha value is -5.51. The lowest BCUT2D eigenvalue weighted by atomic mass is 10.0. The lowest BCUT2D eigenvalue weighted by molar-refractivity contribution is -0.130. The summed E-state index contributed by atoms with van der Waals surface area (Å²) in [6.07, 6.45) is 5.23. The molecule has 0 saturated carbocycles. The highest BCUT2D eigenvalue weighted by Crippen LogP contribution is 2.40. The molecule has 0 bridgehead atoms. The summed E-state index contributed by atoms with van der Waals surface area (Å²) in [4.78, 5) is 67.7. The number of likely N-dealkylation sites (tertiary alicyclic amines) is 1. The Labute approximate surface area is 359 Å². The molecule has 318 valence electrons. The fourth-order valence-corrected chi connectivity index (χ4v) is 7.78. The molecule has 2 aliphatic rings. The van der Waals surface area contributed by atoms with Crippen LogP contribution in [0.1, 0.15) is 75.0 Å². The highest BCUT2D eigenvalue weighted by Gasteiger charge is 2.33. The average Bonchev–Trinajstić information content (AvgIpc) is 3.64. The topological polar surface area (TPSA) is 177 Å². The Balaban J connectivity index is 1.19. The minimum atomic E-state index is -0.709. The van der Waals surface area contributed by atoms with Gasteiger partial charge in [-0.2, -0.15) is 0 Å². The Morgan fingerprint density at radius 1 is 0.967 bits per heavy atom. The van der Waals surface area contributed by atoms with Crippen LogP contribution in [0.4, 0.5) is 10.5 Å². The van der Waals surface area contributed by atoms with Crippen LogP contribution in [0.2, 0.25) is 10.0 Å². The number of methoxy groups -OCH3 is 2. The summed E-state index contributed by atoms with van der Waals surface area (Å²) < 4.78 is 17.1. The molecular formula is C43H50Cl2N8O7. The summed E-state index contributed by atoms with van der Waals surface area (Å²) in [6, 6.07) is 12.0. The minimum absolute atomic E-state index is 0.00796. The van der Waals surface area contributed by atoms with Gasteiger partial charge in [-0.15, -0.1) is 0 Å². The van der Waals surface area contributed by atoms with Gasteiger partial charge in [0.05, 0.1) is 47.9 Å². The van der Waals surface area contributed by atoms with Crippen LogP contribution in [0, 0.1) is 0 Å². The third-order valence-electron chi connectivity index (χ3n) is 10.3. The van der Waals surface area contributed by atoms with Gasteiger partial charge >= 0.3 is 6.09 Å². The number of hydrogen-bond donors (Lipinski definition) is 3. The van der Waals surface area contributed by atoms with E-state index in [1.807, 2.05) is 26.8 Å².